The van der Waals surface area contributed by atoms with Gasteiger partial charge in [-0.25, -0.2) is 9.59 Å². The molecule has 8 N–H and O–H groups in total. The van der Waals surface area contributed by atoms with E-state index in [1.807, 2.05) is 0 Å². The lowest BCUT2D eigenvalue weighted by atomic mass is 9.96. The molecule has 0 saturated carbocycles. The summed E-state index contributed by atoms with van der Waals surface area (Å²) in [5.74, 6) is -8.06. The molecule has 0 aliphatic heterocycles. The normalized spacial score (nSPS) is 12.5. The first kappa shape index (κ1) is 40.3. The highest BCUT2D eigenvalue weighted by Crippen LogP contribution is 2.14. The number of quaternary nitrogens is 1. The maximum Gasteiger partial charge on any atom is 0.332 e. The summed E-state index contributed by atoms with van der Waals surface area (Å²) in [5.41, 5.74) is -2.85. The Morgan fingerprint density at radius 1 is 0.750 bits per heavy atom. The number of nitrogens with zero attached hydrogens (tertiary/aromatic N) is 1. The number of likely N-dealkylation sites (N-methyl/N-ethyl adjacent to an activating group) is 1. The van der Waals surface area contributed by atoms with Gasteiger partial charge in [-0.2, -0.15) is 0 Å². The molecular formula is C21H41NO14. The number of carboxylic acids is 5. The molecule has 0 saturated heterocycles. The fourth-order valence-corrected chi connectivity index (χ4v) is 1.58. The van der Waals surface area contributed by atoms with Crippen molar-refractivity contribution in [1.29, 1.82) is 0 Å². The second-order valence-electron chi connectivity index (χ2n) is 9.25. The highest BCUT2D eigenvalue weighted by molar-refractivity contribution is 5.86. The van der Waals surface area contributed by atoms with Crippen molar-refractivity contribution in [2.24, 2.45) is 11.8 Å². The number of aliphatic hydroxyl groups is 4. The molecule has 0 aliphatic rings. The van der Waals surface area contributed by atoms with E-state index in [2.05, 4.69) is 21.1 Å². The minimum atomic E-state index is -2.85. The lowest BCUT2D eigenvalue weighted by molar-refractivity contribution is -0.870. The molecule has 0 spiro atoms. The summed E-state index contributed by atoms with van der Waals surface area (Å²) < 4.78 is 0.844. The van der Waals surface area contributed by atoms with Gasteiger partial charge in [0.25, 0.3) is 0 Å². The minimum Gasteiger partial charge on any atom is -0.547 e. The summed E-state index contributed by atoms with van der Waals surface area (Å²) in [6.45, 7) is 7.72. The molecule has 15 heteroatoms. The number of hydrogen-bond donors (Lipinski definition) is 8. The molecule has 0 heterocycles. The van der Waals surface area contributed by atoms with Crippen molar-refractivity contribution < 1.29 is 74.4 Å². The lowest BCUT2D eigenvalue weighted by Crippen LogP contribution is -2.51. The van der Waals surface area contributed by atoms with Gasteiger partial charge in [-0.1, -0.05) is 27.7 Å². The van der Waals surface area contributed by atoms with E-state index in [4.69, 9.17) is 40.9 Å². The van der Waals surface area contributed by atoms with Crippen molar-refractivity contribution >= 4 is 29.8 Å². The summed E-state index contributed by atoms with van der Waals surface area (Å²) in [6, 6.07) is 0. The summed E-state index contributed by atoms with van der Waals surface area (Å²) in [6.07, 6.45) is -4.84. The van der Waals surface area contributed by atoms with Gasteiger partial charge in [0.1, 0.15) is 12.1 Å². The van der Waals surface area contributed by atoms with Crippen molar-refractivity contribution in [3.63, 3.8) is 0 Å². The van der Waals surface area contributed by atoms with Crippen LogP contribution in [0.4, 0.5) is 0 Å². The summed E-state index contributed by atoms with van der Waals surface area (Å²) >= 11 is 0. The fraction of sp³-hybridized carbons (Fsp3) is 0.762. The SMILES string of the molecule is CC(C)C(O)C(=O)O.CC(C)C(O)C(=O)O.C[N+](C)(C)CCO.O=C(O)CC(O)(CC(=O)O)C(=O)[O-]. The van der Waals surface area contributed by atoms with Gasteiger partial charge in [-0.15, -0.1) is 0 Å². The Morgan fingerprint density at radius 2 is 1.03 bits per heavy atom. The van der Waals surface area contributed by atoms with Crippen molar-refractivity contribution in [2.45, 2.75) is 58.3 Å². The van der Waals surface area contributed by atoms with E-state index in [9.17, 15) is 29.1 Å². The molecule has 0 rings (SSSR count). The zero-order valence-electron chi connectivity index (χ0n) is 21.6. The highest BCUT2D eigenvalue weighted by Gasteiger charge is 2.34. The van der Waals surface area contributed by atoms with Crippen LogP contribution in [0.15, 0.2) is 0 Å². The lowest BCUT2D eigenvalue weighted by Gasteiger charge is -2.25. The maximum absolute atomic E-state index is 10.2. The van der Waals surface area contributed by atoms with E-state index in [0.29, 0.717) is 0 Å². The molecule has 0 bridgehead atoms. The first-order valence-corrected chi connectivity index (χ1v) is 10.6. The van der Waals surface area contributed by atoms with Crippen molar-refractivity contribution in [2.75, 3.05) is 34.3 Å². The smallest absolute Gasteiger partial charge is 0.332 e. The number of hydrogen-bond acceptors (Lipinski definition) is 10. The predicted octanol–water partition coefficient (Wildman–Crippen LogP) is -2.72. The van der Waals surface area contributed by atoms with Crippen LogP contribution in [0.2, 0.25) is 0 Å². The summed E-state index contributed by atoms with van der Waals surface area (Å²) in [5, 5.41) is 77.3. The molecule has 0 aromatic rings. The second-order valence-corrected chi connectivity index (χ2v) is 9.25. The highest BCUT2D eigenvalue weighted by atomic mass is 16.4. The number of carbonyl (C=O) groups excluding carboxylic acids is 1. The molecule has 2 atom stereocenters. The predicted molar refractivity (Wildman–Crippen MR) is 121 cm³/mol. The molecule has 0 aliphatic carbocycles. The van der Waals surface area contributed by atoms with Gasteiger partial charge >= 0.3 is 23.9 Å². The van der Waals surface area contributed by atoms with Gasteiger partial charge in [-0.05, 0) is 11.8 Å². The Balaban J connectivity index is -0.000000197. The standard InChI is InChI=1S/C6H8O7.C5H14NO.2C5H10O3/c7-3(8)1-6(13,5(11)12)2-4(9)10;1-6(2,3)4-5-7;2*1-3(2)4(6)5(7)8/h13H,1-2H2,(H,7,8)(H,9,10)(H,11,12);7H,4-5H2,1-3H3;2*3-4,6H,1-2H3,(H,7,8)/q;+1;;/p-1. The van der Waals surface area contributed by atoms with Crippen LogP contribution in [0, 0.1) is 11.8 Å². The van der Waals surface area contributed by atoms with Crippen LogP contribution in [0.25, 0.3) is 0 Å². The Kier molecular flexibility index (Phi) is 21.7. The average Bonchev–Trinajstić information content (AvgIpc) is 2.65. The molecular weight excluding hydrogens is 490 g/mol. The third kappa shape index (κ3) is 25.8. The number of rotatable bonds is 11. The van der Waals surface area contributed by atoms with Gasteiger partial charge in [0.2, 0.25) is 0 Å². The van der Waals surface area contributed by atoms with Gasteiger partial charge in [-0.3, -0.25) is 9.59 Å². The largest absolute Gasteiger partial charge is 0.547 e. The molecule has 36 heavy (non-hydrogen) atoms. The third-order valence-electron chi connectivity index (χ3n) is 3.81. The maximum atomic E-state index is 10.2. The second kappa shape index (κ2) is 19.4. The Hall–Kier alpha value is -2.85. The van der Waals surface area contributed by atoms with Crippen LogP contribution in [0.3, 0.4) is 0 Å². The molecule has 2 unspecified atom stereocenters. The number of aliphatic hydroxyl groups excluding tert-OH is 3. The molecule has 0 aromatic carbocycles. The summed E-state index contributed by atoms with van der Waals surface area (Å²) in [7, 11) is 6.16. The van der Waals surface area contributed by atoms with E-state index >= 15 is 0 Å². The summed E-state index contributed by atoms with van der Waals surface area (Å²) in [4.78, 5) is 50.1. The monoisotopic (exact) mass is 531 g/mol. The molecule has 0 amide bonds. The van der Waals surface area contributed by atoms with E-state index in [-0.39, 0.29) is 18.4 Å². The van der Waals surface area contributed by atoms with E-state index < -0.39 is 60.5 Å². The molecule has 0 aromatic heterocycles. The topological polar surface area (TPSA) is 270 Å². The zero-order valence-corrected chi connectivity index (χ0v) is 21.6. The van der Waals surface area contributed by atoms with Gasteiger partial charge < -0.3 is 55.2 Å². The zero-order chi connectivity index (χ0) is 30.0. The quantitative estimate of drug-likeness (QED) is 0.126. The van der Waals surface area contributed by atoms with Crippen LogP contribution >= 0.6 is 0 Å². The Morgan fingerprint density at radius 3 is 1.08 bits per heavy atom. The minimum absolute atomic E-state index is 0.201. The molecule has 0 radical (unpaired) electrons. The van der Waals surface area contributed by atoms with E-state index in [1.165, 1.54) is 0 Å². The van der Waals surface area contributed by atoms with Crippen LogP contribution in [-0.2, 0) is 24.0 Å². The molecule has 0 fully saturated rings. The third-order valence-corrected chi connectivity index (χ3v) is 3.81. The van der Waals surface area contributed by atoms with Gasteiger partial charge in [0.05, 0.1) is 46.6 Å². The first-order chi connectivity index (χ1) is 15.9. The van der Waals surface area contributed by atoms with Crippen molar-refractivity contribution in [1.82, 2.24) is 0 Å². The van der Waals surface area contributed by atoms with E-state index in [1.54, 1.807) is 27.7 Å². The number of carboxylic acid groups (broad SMARTS) is 5. The number of carbonyl (C=O) groups is 5. The van der Waals surface area contributed by atoms with Crippen molar-refractivity contribution in [3.05, 3.63) is 0 Å². The van der Waals surface area contributed by atoms with E-state index in [0.717, 1.165) is 11.0 Å². The molecule has 214 valence electrons. The van der Waals surface area contributed by atoms with Crippen LogP contribution < -0.4 is 5.11 Å². The van der Waals surface area contributed by atoms with Crippen LogP contribution in [-0.4, -0.2) is 127 Å². The number of aliphatic carboxylic acids is 5. The van der Waals surface area contributed by atoms with Gasteiger partial charge in [0.15, 0.2) is 12.2 Å². The van der Waals surface area contributed by atoms with Crippen LogP contribution in [0.1, 0.15) is 40.5 Å². The Bertz CT molecular complexity index is 645. The molecule has 15 nitrogen and oxygen atoms in total. The average molecular weight is 532 g/mol. The van der Waals surface area contributed by atoms with Crippen molar-refractivity contribution in [3.8, 4) is 0 Å². The Labute approximate surface area is 209 Å². The first-order valence-electron chi connectivity index (χ1n) is 10.6. The fourth-order valence-electron chi connectivity index (χ4n) is 1.58. The van der Waals surface area contributed by atoms with Crippen LogP contribution in [0.5, 0.6) is 0 Å². The van der Waals surface area contributed by atoms with Gasteiger partial charge in [0, 0.05) is 0 Å².